The fourth-order valence-electron chi connectivity index (χ4n) is 1.41. The molecule has 1 rings (SSSR count). The van der Waals surface area contributed by atoms with E-state index in [9.17, 15) is 4.55 Å². The Kier molecular flexibility index (Phi) is 3.52. The highest BCUT2D eigenvalue weighted by Gasteiger charge is 2.21. The molecule has 1 aliphatic heterocycles. The van der Waals surface area contributed by atoms with Crippen LogP contribution in [0.15, 0.2) is 0 Å². The average molecular weight is 161 g/mol. The van der Waals surface area contributed by atoms with Crippen molar-refractivity contribution >= 4 is 11.2 Å². The molecule has 0 aromatic carbocycles. The quantitative estimate of drug-likeness (QED) is 0.594. The Balaban J connectivity index is 2.18. The predicted octanol–water partition coefficient (Wildman–Crippen LogP) is 0.365. The molecular formula is C7H15NOS. The van der Waals surface area contributed by atoms with Crippen molar-refractivity contribution in [3.8, 4) is 0 Å². The van der Waals surface area contributed by atoms with E-state index in [0.717, 1.165) is 24.5 Å². The molecular weight excluding hydrogens is 146 g/mol. The zero-order valence-electron chi connectivity index (χ0n) is 6.43. The van der Waals surface area contributed by atoms with Gasteiger partial charge >= 0.3 is 0 Å². The lowest BCUT2D eigenvalue weighted by molar-refractivity contribution is 0.468. The van der Waals surface area contributed by atoms with Gasteiger partial charge in [-0.25, -0.2) is 0 Å². The topological polar surface area (TPSA) is 35.1 Å². The molecule has 0 radical (unpaired) electrons. The molecule has 1 aliphatic rings. The maximum absolute atomic E-state index is 11.0. The Morgan fingerprint density at radius 3 is 3.10 bits per heavy atom. The highest BCUT2D eigenvalue weighted by molar-refractivity contribution is 7.91. The van der Waals surface area contributed by atoms with Crippen molar-refractivity contribution in [3.05, 3.63) is 0 Å². The summed E-state index contributed by atoms with van der Waals surface area (Å²) in [4.78, 5) is 0. The molecule has 10 heavy (non-hydrogen) atoms. The van der Waals surface area contributed by atoms with E-state index >= 15 is 0 Å². The fourth-order valence-corrected chi connectivity index (χ4v) is 2.88. The highest BCUT2D eigenvalue weighted by Crippen LogP contribution is 2.16. The van der Waals surface area contributed by atoms with Crippen LogP contribution in [0, 0.1) is 5.92 Å². The molecule has 3 heteroatoms. The van der Waals surface area contributed by atoms with Gasteiger partial charge in [-0.3, -0.25) is 0 Å². The standard InChI is InChI=1S/C7H15NOS/c1-8-5-7-3-2-4-10(9)6-7/h7-8H,2-6H2,1H3. The molecule has 0 bridgehead atoms. The van der Waals surface area contributed by atoms with Crippen molar-refractivity contribution in [3.63, 3.8) is 0 Å². The first-order valence-electron chi connectivity index (χ1n) is 3.82. The van der Waals surface area contributed by atoms with Gasteiger partial charge in [0.05, 0.1) is 0 Å². The Hall–Kier alpha value is 0.270. The summed E-state index contributed by atoms with van der Waals surface area (Å²) in [5, 5.41) is 3.12. The number of hydrogen-bond donors (Lipinski definition) is 1. The third-order valence-electron chi connectivity index (χ3n) is 1.90. The second-order valence-corrected chi connectivity index (χ2v) is 4.50. The van der Waals surface area contributed by atoms with E-state index in [1.165, 1.54) is 6.42 Å². The molecule has 2 nitrogen and oxygen atoms in total. The molecule has 0 aliphatic carbocycles. The van der Waals surface area contributed by atoms with E-state index in [1.807, 2.05) is 7.05 Å². The van der Waals surface area contributed by atoms with E-state index in [0.29, 0.717) is 5.92 Å². The Bertz CT molecular complexity index is 97.6. The lowest BCUT2D eigenvalue weighted by atomic mass is 10.1. The van der Waals surface area contributed by atoms with Crippen LogP contribution in [-0.2, 0) is 11.2 Å². The van der Waals surface area contributed by atoms with Gasteiger partial charge in [0.2, 0.25) is 0 Å². The van der Waals surface area contributed by atoms with Crippen molar-refractivity contribution in [1.82, 2.24) is 5.32 Å². The molecule has 0 amide bonds. The zero-order chi connectivity index (χ0) is 7.40. The lowest BCUT2D eigenvalue weighted by Crippen LogP contribution is -2.31. The van der Waals surface area contributed by atoms with Crippen molar-refractivity contribution in [1.29, 1.82) is 0 Å². The average Bonchev–Trinajstić information content (AvgIpc) is 1.88. The first-order chi connectivity index (χ1) is 4.83. The van der Waals surface area contributed by atoms with Crippen LogP contribution in [0.25, 0.3) is 0 Å². The minimum absolute atomic E-state index is 0.512. The first-order valence-corrected chi connectivity index (χ1v) is 5.31. The van der Waals surface area contributed by atoms with Gasteiger partial charge in [0.25, 0.3) is 0 Å². The largest absolute Gasteiger partial charge is 0.616 e. The summed E-state index contributed by atoms with van der Waals surface area (Å²) in [5.41, 5.74) is 0. The maximum Gasteiger partial charge on any atom is 0.109 e. The predicted molar refractivity (Wildman–Crippen MR) is 44.5 cm³/mol. The Morgan fingerprint density at radius 2 is 2.50 bits per heavy atom. The van der Waals surface area contributed by atoms with Gasteiger partial charge in [-0.1, -0.05) is 11.2 Å². The molecule has 1 N–H and O–H groups in total. The molecule has 0 saturated carbocycles. The molecule has 0 aromatic rings. The maximum atomic E-state index is 11.0. The van der Waals surface area contributed by atoms with E-state index < -0.39 is 11.2 Å². The second kappa shape index (κ2) is 4.21. The van der Waals surface area contributed by atoms with Crippen LogP contribution >= 0.6 is 0 Å². The van der Waals surface area contributed by atoms with Gasteiger partial charge in [-0.2, -0.15) is 0 Å². The van der Waals surface area contributed by atoms with E-state index in [1.54, 1.807) is 0 Å². The van der Waals surface area contributed by atoms with Crippen LogP contribution in [0.1, 0.15) is 12.8 Å². The summed E-state index contributed by atoms with van der Waals surface area (Å²) >= 11 is -0.512. The van der Waals surface area contributed by atoms with Gasteiger partial charge in [-0.15, -0.1) is 0 Å². The fraction of sp³-hybridized carbons (Fsp3) is 1.00. The van der Waals surface area contributed by atoms with Crippen molar-refractivity contribution in [2.75, 3.05) is 25.1 Å². The normalized spacial score (nSPS) is 34.2. The number of nitrogens with one attached hydrogen (secondary N) is 1. The minimum Gasteiger partial charge on any atom is -0.616 e. The summed E-state index contributed by atoms with van der Waals surface area (Å²) in [5.74, 6) is 2.51. The Morgan fingerprint density at radius 1 is 1.70 bits per heavy atom. The molecule has 1 heterocycles. The molecule has 60 valence electrons. The van der Waals surface area contributed by atoms with Crippen LogP contribution in [0.2, 0.25) is 0 Å². The molecule has 2 unspecified atom stereocenters. The van der Waals surface area contributed by atoms with E-state index in [4.69, 9.17) is 0 Å². The third kappa shape index (κ3) is 2.48. The van der Waals surface area contributed by atoms with Crippen LogP contribution in [0.4, 0.5) is 0 Å². The van der Waals surface area contributed by atoms with E-state index in [-0.39, 0.29) is 0 Å². The molecule has 0 aromatic heterocycles. The molecule has 0 spiro atoms. The summed E-state index contributed by atoms with van der Waals surface area (Å²) in [6, 6.07) is 0. The van der Waals surface area contributed by atoms with Crippen molar-refractivity contribution in [2.24, 2.45) is 5.92 Å². The molecule has 2 atom stereocenters. The Labute approximate surface area is 65.6 Å². The summed E-state index contributed by atoms with van der Waals surface area (Å²) < 4.78 is 11.0. The van der Waals surface area contributed by atoms with Gasteiger partial charge in [0, 0.05) is 12.5 Å². The van der Waals surface area contributed by atoms with Gasteiger partial charge in [-0.05, 0) is 19.9 Å². The van der Waals surface area contributed by atoms with Crippen molar-refractivity contribution in [2.45, 2.75) is 12.8 Å². The van der Waals surface area contributed by atoms with E-state index in [2.05, 4.69) is 5.32 Å². The van der Waals surface area contributed by atoms with Gasteiger partial charge < -0.3 is 9.87 Å². The number of hydrogen-bond acceptors (Lipinski definition) is 2. The van der Waals surface area contributed by atoms with Crippen LogP contribution in [0.5, 0.6) is 0 Å². The lowest BCUT2D eigenvalue weighted by Gasteiger charge is -2.23. The number of rotatable bonds is 2. The summed E-state index contributed by atoms with van der Waals surface area (Å²) in [6.45, 7) is 1.03. The summed E-state index contributed by atoms with van der Waals surface area (Å²) in [7, 11) is 1.96. The minimum atomic E-state index is -0.512. The smallest absolute Gasteiger partial charge is 0.109 e. The summed E-state index contributed by atoms with van der Waals surface area (Å²) in [6.07, 6.45) is 2.41. The van der Waals surface area contributed by atoms with Crippen molar-refractivity contribution < 1.29 is 4.55 Å². The third-order valence-corrected chi connectivity index (χ3v) is 3.49. The van der Waals surface area contributed by atoms with Crippen LogP contribution in [0.3, 0.4) is 0 Å². The first kappa shape index (κ1) is 8.37. The van der Waals surface area contributed by atoms with Crippen LogP contribution in [-0.4, -0.2) is 29.7 Å². The highest BCUT2D eigenvalue weighted by atomic mass is 32.2. The van der Waals surface area contributed by atoms with Crippen LogP contribution < -0.4 is 5.32 Å². The van der Waals surface area contributed by atoms with Gasteiger partial charge in [0.15, 0.2) is 0 Å². The SMILES string of the molecule is CNCC1CCC[S+]([O-])C1. The zero-order valence-corrected chi connectivity index (χ0v) is 7.25. The second-order valence-electron chi connectivity index (χ2n) is 2.88. The molecule has 1 saturated heterocycles. The van der Waals surface area contributed by atoms with Gasteiger partial charge in [0.1, 0.15) is 11.5 Å². The monoisotopic (exact) mass is 161 g/mol. The molecule has 1 fully saturated rings.